The van der Waals surface area contributed by atoms with Crippen molar-refractivity contribution in [1.29, 1.82) is 0 Å². The third-order valence-electron chi connectivity index (χ3n) is 4.76. The van der Waals surface area contributed by atoms with Crippen molar-refractivity contribution in [3.63, 3.8) is 0 Å². The molecule has 5 nitrogen and oxygen atoms in total. The van der Waals surface area contributed by atoms with Crippen LogP contribution in [0.25, 0.3) is 0 Å². The number of rotatable bonds is 2. The summed E-state index contributed by atoms with van der Waals surface area (Å²) in [5.74, 6) is -2.42. The SMILES string of the molecule is C=C1/C=C(/C)[C@@H](CC)OC(=O)[C@H](C)C(=O)[C@@](O)(CO)C/C(C)=C\[C@@H](C)C1. The van der Waals surface area contributed by atoms with Gasteiger partial charge in [0.1, 0.15) is 12.0 Å². The first-order valence-electron chi connectivity index (χ1n) is 9.15. The Morgan fingerprint density at radius 1 is 1.31 bits per heavy atom. The van der Waals surface area contributed by atoms with Gasteiger partial charge in [-0.3, -0.25) is 9.59 Å². The third kappa shape index (κ3) is 5.64. The van der Waals surface area contributed by atoms with E-state index in [0.717, 1.165) is 16.7 Å². The Morgan fingerprint density at radius 2 is 1.92 bits per heavy atom. The third-order valence-corrected chi connectivity index (χ3v) is 4.76. The van der Waals surface area contributed by atoms with E-state index in [0.29, 0.717) is 12.8 Å². The molecule has 1 rings (SSSR count). The average Bonchev–Trinajstić information content (AvgIpc) is 2.56. The molecule has 0 aromatic heterocycles. The average molecular weight is 364 g/mol. The summed E-state index contributed by atoms with van der Waals surface area (Å²) in [7, 11) is 0. The van der Waals surface area contributed by atoms with Crippen LogP contribution in [0.2, 0.25) is 0 Å². The highest BCUT2D eigenvalue weighted by Gasteiger charge is 2.42. The fourth-order valence-corrected chi connectivity index (χ4v) is 3.42. The van der Waals surface area contributed by atoms with Gasteiger partial charge in [-0.2, -0.15) is 0 Å². The molecule has 0 bridgehead atoms. The Morgan fingerprint density at radius 3 is 2.46 bits per heavy atom. The van der Waals surface area contributed by atoms with E-state index in [1.54, 1.807) is 6.92 Å². The molecule has 2 N–H and O–H groups in total. The summed E-state index contributed by atoms with van der Waals surface area (Å²) in [4.78, 5) is 25.1. The zero-order valence-electron chi connectivity index (χ0n) is 16.5. The number of Topliss-reactive ketones (excluding diaryl/α,β-unsaturated/α-hetero) is 1. The van der Waals surface area contributed by atoms with E-state index in [9.17, 15) is 19.8 Å². The molecule has 26 heavy (non-hydrogen) atoms. The number of hydrogen-bond donors (Lipinski definition) is 2. The lowest BCUT2D eigenvalue weighted by Crippen LogP contribution is -2.48. The zero-order valence-corrected chi connectivity index (χ0v) is 16.5. The van der Waals surface area contributed by atoms with Crippen LogP contribution in [0.15, 0.2) is 35.5 Å². The van der Waals surface area contributed by atoms with Crippen LogP contribution in [0.1, 0.15) is 53.9 Å². The summed E-state index contributed by atoms with van der Waals surface area (Å²) >= 11 is 0. The molecule has 0 aromatic rings. The van der Waals surface area contributed by atoms with Crippen LogP contribution in [-0.2, 0) is 14.3 Å². The molecule has 0 aliphatic carbocycles. The molecule has 1 aliphatic heterocycles. The zero-order chi connectivity index (χ0) is 20.1. The van der Waals surface area contributed by atoms with Crippen LogP contribution in [0.4, 0.5) is 0 Å². The predicted octanol–water partition coefficient (Wildman–Crippen LogP) is 3.12. The number of aliphatic hydroxyl groups excluding tert-OH is 1. The van der Waals surface area contributed by atoms with E-state index in [2.05, 4.69) is 6.58 Å². The molecular weight excluding hydrogens is 332 g/mol. The summed E-state index contributed by atoms with van der Waals surface area (Å²) < 4.78 is 5.50. The van der Waals surface area contributed by atoms with E-state index in [1.165, 1.54) is 6.92 Å². The second-order valence-electron chi connectivity index (χ2n) is 7.53. The van der Waals surface area contributed by atoms with Gasteiger partial charge in [-0.1, -0.05) is 43.7 Å². The molecule has 0 radical (unpaired) electrons. The molecule has 0 amide bonds. The van der Waals surface area contributed by atoms with E-state index < -0.39 is 36.0 Å². The second-order valence-corrected chi connectivity index (χ2v) is 7.53. The summed E-state index contributed by atoms with van der Waals surface area (Å²) in [6.45, 7) is 12.3. The van der Waals surface area contributed by atoms with E-state index in [1.807, 2.05) is 32.9 Å². The normalized spacial score (nSPS) is 36.4. The molecule has 0 unspecified atom stereocenters. The van der Waals surface area contributed by atoms with Crippen molar-refractivity contribution >= 4 is 11.8 Å². The number of allylic oxidation sites excluding steroid dienone is 3. The smallest absolute Gasteiger partial charge is 0.316 e. The highest BCUT2D eigenvalue weighted by atomic mass is 16.5. The van der Waals surface area contributed by atoms with Gasteiger partial charge in [-0.05, 0) is 45.1 Å². The number of carbonyl (C=O) groups excluding carboxylic acids is 2. The van der Waals surface area contributed by atoms with Crippen LogP contribution in [-0.4, -0.2) is 40.3 Å². The maximum Gasteiger partial charge on any atom is 0.316 e. The quantitative estimate of drug-likeness (QED) is 0.447. The predicted molar refractivity (Wildman–Crippen MR) is 101 cm³/mol. The molecule has 1 aliphatic rings. The van der Waals surface area contributed by atoms with Crippen molar-refractivity contribution in [1.82, 2.24) is 0 Å². The van der Waals surface area contributed by atoms with Gasteiger partial charge >= 0.3 is 5.97 Å². The first kappa shape index (κ1) is 22.3. The van der Waals surface area contributed by atoms with Crippen molar-refractivity contribution in [2.45, 2.75) is 65.6 Å². The van der Waals surface area contributed by atoms with Crippen molar-refractivity contribution in [3.05, 3.63) is 35.5 Å². The van der Waals surface area contributed by atoms with Gasteiger partial charge in [0.25, 0.3) is 0 Å². The summed E-state index contributed by atoms with van der Waals surface area (Å²) in [6.07, 6.45) is 4.70. The Labute approximate surface area is 156 Å². The highest BCUT2D eigenvalue weighted by Crippen LogP contribution is 2.26. The standard InChI is InChI=1S/C21H32O5/c1-7-18-16(5)10-14(3)8-13(2)9-15(4)11-21(25,12-22)19(23)17(6)20(24)26-18/h9-10,13,17-18,22,25H,3,7-8,11-12H2,1-2,4-6H3/b15-9-,16-10-/t13-,17+,18+,21-/m0/s1. The number of aliphatic hydroxyl groups is 2. The lowest BCUT2D eigenvalue weighted by molar-refractivity contribution is -0.161. The Kier molecular flexibility index (Phi) is 7.97. The molecule has 4 atom stereocenters. The number of ketones is 1. The summed E-state index contributed by atoms with van der Waals surface area (Å²) in [5, 5.41) is 20.3. The molecule has 1 heterocycles. The molecule has 0 fully saturated rings. The van der Waals surface area contributed by atoms with Gasteiger partial charge in [-0.25, -0.2) is 0 Å². The number of cyclic esters (lactones) is 1. The van der Waals surface area contributed by atoms with Crippen molar-refractivity contribution < 1.29 is 24.5 Å². The topological polar surface area (TPSA) is 83.8 Å². The number of esters is 1. The fraction of sp³-hybridized carbons (Fsp3) is 0.619. The van der Waals surface area contributed by atoms with Crippen molar-refractivity contribution in [3.8, 4) is 0 Å². The summed E-state index contributed by atoms with van der Waals surface area (Å²) in [6, 6.07) is 0. The summed E-state index contributed by atoms with van der Waals surface area (Å²) in [5.41, 5.74) is 0.576. The van der Waals surface area contributed by atoms with Gasteiger partial charge in [0.05, 0.1) is 6.61 Å². The fourth-order valence-electron chi connectivity index (χ4n) is 3.42. The minimum atomic E-state index is -1.99. The number of carbonyl (C=O) groups is 2. The van der Waals surface area contributed by atoms with Gasteiger partial charge in [0.15, 0.2) is 11.4 Å². The van der Waals surface area contributed by atoms with E-state index in [4.69, 9.17) is 4.74 Å². The highest BCUT2D eigenvalue weighted by molar-refractivity contribution is 6.03. The first-order valence-corrected chi connectivity index (χ1v) is 9.15. The lowest BCUT2D eigenvalue weighted by Gasteiger charge is -2.28. The molecule has 0 saturated carbocycles. The van der Waals surface area contributed by atoms with Gasteiger partial charge in [0.2, 0.25) is 0 Å². The second kappa shape index (κ2) is 9.28. The van der Waals surface area contributed by atoms with Crippen molar-refractivity contribution in [2.24, 2.45) is 11.8 Å². The van der Waals surface area contributed by atoms with Crippen LogP contribution in [0.3, 0.4) is 0 Å². The molecule has 0 aromatic carbocycles. The maximum atomic E-state index is 12.7. The first-order chi connectivity index (χ1) is 12.0. The van der Waals surface area contributed by atoms with E-state index >= 15 is 0 Å². The van der Waals surface area contributed by atoms with Crippen molar-refractivity contribution in [2.75, 3.05) is 6.61 Å². The molecule has 146 valence electrons. The lowest BCUT2D eigenvalue weighted by atomic mass is 9.84. The number of ether oxygens (including phenoxy) is 1. The van der Waals surface area contributed by atoms with Gasteiger partial charge in [-0.15, -0.1) is 0 Å². The maximum absolute atomic E-state index is 12.7. The largest absolute Gasteiger partial charge is 0.457 e. The minimum Gasteiger partial charge on any atom is -0.457 e. The monoisotopic (exact) mass is 364 g/mol. The van der Waals surface area contributed by atoms with Crippen LogP contribution >= 0.6 is 0 Å². The van der Waals surface area contributed by atoms with Crippen LogP contribution in [0.5, 0.6) is 0 Å². The van der Waals surface area contributed by atoms with E-state index in [-0.39, 0.29) is 12.3 Å². The Bertz CT molecular complexity index is 616. The van der Waals surface area contributed by atoms with Crippen LogP contribution in [0, 0.1) is 11.8 Å². The number of hydrogen-bond acceptors (Lipinski definition) is 5. The van der Waals surface area contributed by atoms with Crippen LogP contribution < -0.4 is 0 Å². The minimum absolute atomic E-state index is 0.0250. The molecule has 0 spiro atoms. The molecule has 5 heteroatoms. The van der Waals surface area contributed by atoms with Gasteiger partial charge < -0.3 is 14.9 Å². The molecule has 0 saturated heterocycles. The van der Waals surface area contributed by atoms with Gasteiger partial charge in [0, 0.05) is 6.42 Å². The Hall–Kier alpha value is -1.72. The Balaban J connectivity index is 3.32. The molecular formula is C21H32O5.